The molecule has 2 N–H and O–H groups in total. The number of anilines is 1. The predicted octanol–water partition coefficient (Wildman–Crippen LogP) is 3.54. The van der Waals surface area contributed by atoms with Gasteiger partial charge in [0.1, 0.15) is 5.69 Å². The van der Waals surface area contributed by atoms with Gasteiger partial charge in [-0.2, -0.15) is 5.10 Å². The van der Waals surface area contributed by atoms with Gasteiger partial charge in [0.25, 0.3) is 0 Å². The number of hydrogen-bond acceptors (Lipinski definition) is 3. The first-order valence-electron chi connectivity index (χ1n) is 5.12. The molecule has 1 aromatic carbocycles. The van der Waals surface area contributed by atoms with Gasteiger partial charge >= 0.3 is 0 Å². The van der Waals surface area contributed by atoms with E-state index < -0.39 is 0 Å². The predicted molar refractivity (Wildman–Crippen MR) is 73.4 cm³/mol. The summed E-state index contributed by atoms with van der Waals surface area (Å²) in [5.41, 5.74) is 7.56. The molecule has 0 bridgehead atoms. The Labute approximate surface area is 107 Å². The van der Waals surface area contributed by atoms with Crippen LogP contribution in [0, 0.1) is 0 Å². The second kappa shape index (κ2) is 3.75. The third kappa shape index (κ3) is 1.61. The molecule has 0 radical (unpaired) electrons. The summed E-state index contributed by atoms with van der Waals surface area (Å²) in [7, 11) is 1.89. The Morgan fingerprint density at radius 3 is 2.88 bits per heavy atom. The average molecular weight is 264 g/mol. The van der Waals surface area contributed by atoms with Gasteiger partial charge in [-0.05, 0) is 17.5 Å². The van der Waals surface area contributed by atoms with Crippen molar-refractivity contribution in [2.75, 3.05) is 5.73 Å². The molecular weight excluding hydrogens is 254 g/mol. The van der Waals surface area contributed by atoms with E-state index in [0.29, 0.717) is 5.69 Å². The van der Waals surface area contributed by atoms with Gasteiger partial charge in [-0.1, -0.05) is 23.7 Å². The number of hydrogen-bond donors (Lipinski definition) is 1. The standard InChI is InChI=1S/C12H10ClN3S/c1-16-11(9(14)6-15-16)10-5-7-3-2-4-8(13)12(7)17-10/h2-6H,14H2,1H3. The summed E-state index contributed by atoms with van der Waals surface area (Å²) in [6.45, 7) is 0. The Morgan fingerprint density at radius 1 is 1.41 bits per heavy atom. The first kappa shape index (κ1) is 10.6. The Bertz CT molecular complexity index is 679. The highest BCUT2D eigenvalue weighted by atomic mass is 35.5. The highest BCUT2D eigenvalue weighted by Crippen LogP contribution is 2.38. The molecule has 3 aromatic rings. The number of aryl methyl sites for hydroxylation is 1. The van der Waals surface area contributed by atoms with Crippen molar-refractivity contribution >= 4 is 38.7 Å². The number of rotatable bonds is 1. The number of aromatic nitrogens is 2. The summed E-state index contributed by atoms with van der Waals surface area (Å²) < 4.78 is 2.87. The van der Waals surface area contributed by atoms with E-state index in [4.69, 9.17) is 17.3 Å². The molecule has 0 unspecified atom stereocenters. The average Bonchev–Trinajstić information content (AvgIpc) is 2.84. The summed E-state index contributed by atoms with van der Waals surface area (Å²) in [5.74, 6) is 0. The molecule has 3 rings (SSSR count). The summed E-state index contributed by atoms with van der Waals surface area (Å²) in [6.07, 6.45) is 1.67. The van der Waals surface area contributed by atoms with E-state index in [0.717, 1.165) is 25.7 Å². The molecule has 0 saturated carbocycles. The van der Waals surface area contributed by atoms with Crippen molar-refractivity contribution in [3.63, 3.8) is 0 Å². The largest absolute Gasteiger partial charge is 0.396 e. The SMILES string of the molecule is Cn1ncc(N)c1-c1cc2cccc(Cl)c2s1. The molecule has 0 fully saturated rings. The lowest BCUT2D eigenvalue weighted by Gasteiger charge is -1.98. The summed E-state index contributed by atoms with van der Waals surface area (Å²) in [4.78, 5) is 1.09. The van der Waals surface area contributed by atoms with Crippen molar-refractivity contribution in [3.05, 3.63) is 35.5 Å². The highest BCUT2D eigenvalue weighted by molar-refractivity contribution is 7.22. The molecule has 2 aromatic heterocycles. The van der Waals surface area contributed by atoms with Crippen LogP contribution >= 0.6 is 22.9 Å². The number of halogens is 1. The molecule has 0 atom stereocenters. The molecule has 3 nitrogen and oxygen atoms in total. The highest BCUT2D eigenvalue weighted by Gasteiger charge is 2.12. The van der Waals surface area contributed by atoms with Crippen LogP contribution in [-0.4, -0.2) is 9.78 Å². The quantitative estimate of drug-likeness (QED) is 0.730. The fraction of sp³-hybridized carbons (Fsp3) is 0.0833. The molecule has 0 aliphatic carbocycles. The van der Waals surface area contributed by atoms with E-state index in [-0.39, 0.29) is 0 Å². The van der Waals surface area contributed by atoms with E-state index in [1.165, 1.54) is 0 Å². The van der Waals surface area contributed by atoms with Crippen LogP contribution in [-0.2, 0) is 7.05 Å². The van der Waals surface area contributed by atoms with Gasteiger partial charge < -0.3 is 5.73 Å². The first-order valence-corrected chi connectivity index (χ1v) is 6.32. The van der Waals surface area contributed by atoms with Gasteiger partial charge in [-0.25, -0.2) is 0 Å². The molecule has 17 heavy (non-hydrogen) atoms. The van der Waals surface area contributed by atoms with E-state index in [2.05, 4.69) is 11.2 Å². The second-order valence-electron chi connectivity index (χ2n) is 3.84. The zero-order valence-electron chi connectivity index (χ0n) is 9.14. The van der Waals surface area contributed by atoms with Gasteiger partial charge in [0.05, 0.1) is 26.5 Å². The third-order valence-electron chi connectivity index (χ3n) is 2.70. The van der Waals surface area contributed by atoms with Crippen LogP contribution in [0.1, 0.15) is 0 Å². The first-order chi connectivity index (χ1) is 8.16. The zero-order chi connectivity index (χ0) is 12.0. The molecule has 0 saturated heterocycles. The fourth-order valence-corrected chi connectivity index (χ4v) is 3.36. The number of benzene rings is 1. The lowest BCUT2D eigenvalue weighted by atomic mass is 10.2. The number of nitrogen functional groups attached to an aromatic ring is 1. The van der Waals surface area contributed by atoms with E-state index in [1.807, 2.05) is 25.2 Å². The Balaban J connectivity index is 2.29. The van der Waals surface area contributed by atoms with Gasteiger partial charge in [0.2, 0.25) is 0 Å². The van der Waals surface area contributed by atoms with Crippen LogP contribution in [0.4, 0.5) is 5.69 Å². The van der Waals surface area contributed by atoms with Gasteiger partial charge in [-0.15, -0.1) is 11.3 Å². The Kier molecular flexibility index (Phi) is 2.34. The Morgan fingerprint density at radius 2 is 2.24 bits per heavy atom. The lowest BCUT2D eigenvalue weighted by molar-refractivity contribution is 0.777. The van der Waals surface area contributed by atoms with E-state index in [1.54, 1.807) is 22.2 Å². The molecule has 0 amide bonds. The van der Waals surface area contributed by atoms with Crippen LogP contribution in [0.3, 0.4) is 0 Å². The van der Waals surface area contributed by atoms with Crippen molar-refractivity contribution in [1.29, 1.82) is 0 Å². The van der Waals surface area contributed by atoms with Crippen LogP contribution < -0.4 is 5.73 Å². The number of nitrogens with zero attached hydrogens (tertiary/aromatic N) is 2. The smallest absolute Gasteiger partial charge is 0.101 e. The number of thiophene rings is 1. The topological polar surface area (TPSA) is 43.8 Å². The fourth-order valence-electron chi connectivity index (χ4n) is 1.90. The molecule has 0 spiro atoms. The number of fused-ring (bicyclic) bond motifs is 1. The Hall–Kier alpha value is -1.52. The monoisotopic (exact) mass is 263 g/mol. The number of nitrogens with two attached hydrogens (primary N) is 1. The van der Waals surface area contributed by atoms with Crippen LogP contribution in [0.2, 0.25) is 5.02 Å². The van der Waals surface area contributed by atoms with E-state index in [9.17, 15) is 0 Å². The minimum absolute atomic E-state index is 0.690. The van der Waals surface area contributed by atoms with E-state index >= 15 is 0 Å². The normalized spacial score (nSPS) is 11.2. The summed E-state index contributed by atoms with van der Waals surface area (Å²) in [6, 6.07) is 8.00. The molecule has 5 heteroatoms. The molecular formula is C12H10ClN3S. The van der Waals surface area contributed by atoms with Crippen LogP contribution in [0.25, 0.3) is 20.7 Å². The molecule has 0 aliphatic rings. The van der Waals surface area contributed by atoms with Crippen LogP contribution in [0.5, 0.6) is 0 Å². The maximum Gasteiger partial charge on any atom is 0.101 e. The van der Waals surface area contributed by atoms with Gasteiger partial charge in [-0.3, -0.25) is 4.68 Å². The summed E-state index contributed by atoms with van der Waals surface area (Å²) >= 11 is 7.81. The maximum atomic E-state index is 6.17. The zero-order valence-corrected chi connectivity index (χ0v) is 10.7. The molecule has 0 aliphatic heterocycles. The molecule has 2 heterocycles. The van der Waals surface area contributed by atoms with Crippen molar-refractivity contribution in [2.24, 2.45) is 7.05 Å². The van der Waals surface area contributed by atoms with Crippen molar-refractivity contribution in [1.82, 2.24) is 9.78 Å². The van der Waals surface area contributed by atoms with Gasteiger partial charge in [0.15, 0.2) is 0 Å². The summed E-state index contributed by atoms with van der Waals surface area (Å²) in [5, 5.41) is 6.06. The minimum atomic E-state index is 0.690. The minimum Gasteiger partial charge on any atom is -0.396 e. The third-order valence-corrected chi connectivity index (χ3v) is 4.31. The lowest BCUT2D eigenvalue weighted by Crippen LogP contribution is -1.93. The maximum absolute atomic E-state index is 6.17. The van der Waals surface area contributed by atoms with Crippen molar-refractivity contribution < 1.29 is 0 Å². The van der Waals surface area contributed by atoms with Crippen molar-refractivity contribution in [2.45, 2.75) is 0 Å². The van der Waals surface area contributed by atoms with Gasteiger partial charge in [0, 0.05) is 7.05 Å². The van der Waals surface area contributed by atoms with Crippen LogP contribution in [0.15, 0.2) is 30.5 Å². The molecule has 86 valence electrons. The second-order valence-corrected chi connectivity index (χ2v) is 5.30. The van der Waals surface area contributed by atoms with Crippen molar-refractivity contribution in [3.8, 4) is 10.6 Å².